The Hall–Kier alpha value is -2.79. The van der Waals surface area contributed by atoms with E-state index in [1.807, 2.05) is 49.4 Å². The molecule has 0 radical (unpaired) electrons. The number of hydrogen-bond donors (Lipinski definition) is 2. The number of H-pyrrole nitrogens is 1. The first-order chi connectivity index (χ1) is 14.4. The summed E-state index contributed by atoms with van der Waals surface area (Å²) in [5.74, 6) is -0.424. The second-order valence-corrected chi connectivity index (χ2v) is 8.37. The lowest BCUT2D eigenvalue weighted by Gasteiger charge is -2.24. The molecule has 2 heterocycles. The Kier molecular flexibility index (Phi) is 4.40. The highest BCUT2D eigenvalue weighted by atomic mass is 35.5. The minimum atomic E-state index is -1.86. The number of aliphatic hydroxyl groups is 1. The van der Waals surface area contributed by atoms with Crippen molar-refractivity contribution in [1.29, 1.82) is 0 Å². The van der Waals surface area contributed by atoms with E-state index in [4.69, 9.17) is 23.2 Å². The fourth-order valence-corrected chi connectivity index (χ4v) is 4.76. The SMILES string of the molecule is Cc1[nH]c2ccccc2c1C1(O)C(=O)N(Cc2ccccc2Cl)c2ccc(Cl)cc21. The molecule has 4 aromatic rings. The molecule has 1 unspecified atom stereocenters. The van der Waals surface area contributed by atoms with Crippen LogP contribution in [-0.2, 0) is 16.9 Å². The summed E-state index contributed by atoms with van der Waals surface area (Å²) < 4.78 is 0. The number of halogens is 2. The average Bonchev–Trinajstić information content (AvgIpc) is 3.17. The molecule has 0 fully saturated rings. The van der Waals surface area contributed by atoms with Gasteiger partial charge in [0.15, 0.2) is 5.60 Å². The topological polar surface area (TPSA) is 56.3 Å². The average molecular weight is 437 g/mol. The van der Waals surface area contributed by atoms with Crippen LogP contribution in [0.4, 0.5) is 5.69 Å². The molecule has 1 aliphatic rings. The molecular weight excluding hydrogens is 419 g/mol. The molecule has 5 rings (SSSR count). The number of carbonyl (C=O) groups excluding carboxylic acids is 1. The summed E-state index contributed by atoms with van der Waals surface area (Å²) in [4.78, 5) is 18.6. The number of anilines is 1. The summed E-state index contributed by atoms with van der Waals surface area (Å²) in [5.41, 5.74) is 2.18. The molecule has 0 bridgehead atoms. The first-order valence-corrected chi connectivity index (χ1v) is 10.3. The molecule has 150 valence electrons. The molecule has 0 aliphatic carbocycles. The van der Waals surface area contributed by atoms with Crippen molar-refractivity contribution in [2.24, 2.45) is 0 Å². The Balaban J connectivity index is 1.74. The summed E-state index contributed by atoms with van der Waals surface area (Å²) in [6.07, 6.45) is 0. The van der Waals surface area contributed by atoms with Crippen molar-refractivity contribution < 1.29 is 9.90 Å². The van der Waals surface area contributed by atoms with Gasteiger partial charge < -0.3 is 15.0 Å². The second kappa shape index (κ2) is 6.88. The number of nitrogens with one attached hydrogen (secondary N) is 1. The van der Waals surface area contributed by atoms with E-state index in [1.54, 1.807) is 29.2 Å². The smallest absolute Gasteiger partial charge is 0.268 e. The number of hydrogen-bond acceptors (Lipinski definition) is 2. The zero-order chi connectivity index (χ0) is 21.0. The van der Waals surface area contributed by atoms with E-state index in [0.29, 0.717) is 26.9 Å². The first kappa shape index (κ1) is 19.2. The van der Waals surface area contributed by atoms with Crippen LogP contribution in [0.25, 0.3) is 10.9 Å². The maximum Gasteiger partial charge on any atom is 0.268 e. The number of aryl methyl sites for hydroxylation is 1. The molecule has 30 heavy (non-hydrogen) atoms. The lowest BCUT2D eigenvalue weighted by Crippen LogP contribution is -2.41. The maximum absolute atomic E-state index is 13.8. The summed E-state index contributed by atoms with van der Waals surface area (Å²) >= 11 is 12.6. The van der Waals surface area contributed by atoms with E-state index in [-0.39, 0.29) is 6.54 Å². The molecule has 1 aliphatic heterocycles. The first-order valence-electron chi connectivity index (χ1n) is 9.57. The summed E-state index contributed by atoms with van der Waals surface area (Å²) in [5, 5.41) is 13.8. The number of benzene rings is 3. The number of amides is 1. The zero-order valence-corrected chi connectivity index (χ0v) is 17.6. The van der Waals surface area contributed by atoms with Crippen molar-refractivity contribution in [2.45, 2.75) is 19.1 Å². The molecule has 0 spiro atoms. The Bertz CT molecular complexity index is 1310. The van der Waals surface area contributed by atoms with Crippen LogP contribution in [0.2, 0.25) is 10.0 Å². The lowest BCUT2D eigenvalue weighted by atomic mass is 9.85. The predicted octanol–water partition coefficient (Wildman–Crippen LogP) is 5.57. The van der Waals surface area contributed by atoms with Gasteiger partial charge in [-0.15, -0.1) is 0 Å². The quantitative estimate of drug-likeness (QED) is 0.441. The molecule has 1 atom stereocenters. The molecule has 0 saturated carbocycles. The third-order valence-corrected chi connectivity index (χ3v) is 6.34. The molecule has 6 heteroatoms. The van der Waals surface area contributed by atoms with Gasteiger partial charge in [0.1, 0.15) is 0 Å². The molecule has 4 nitrogen and oxygen atoms in total. The third kappa shape index (κ3) is 2.68. The third-order valence-electron chi connectivity index (χ3n) is 5.74. The Morgan fingerprint density at radius 2 is 1.77 bits per heavy atom. The largest absolute Gasteiger partial charge is 0.372 e. The van der Waals surface area contributed by atoms with E-state index < -0.39 is 11.5 Å². The molecule has 3 aromatic carbocycles. The van der Waals surface area contributed by atoms with Gasteiger partial charge in [-0.1, -0.05) is 59.6 Å². The van der Waals surface area contributed by atoms with Gasteiger partial charge >= 0.3 is 0 Å². The van der Waals surface area contributed by atoms with Crippen molar-refractivity contribution in [3.05, 3.63) is 99.2 Å². The second-order valence-electron chi connectivity index (χ2n) is 7.53. The van der Waals surface area contributed by atoms with Crippen LogP contribution in [0.1, 0.15) is 22.4 Å². The number of fused-ring (bicyclic) bond motifs is 2. The highest BCUT2D eigenvalue weighted by molar-refractivity contribution is 6.31. The Morgan fingerprint density at radius 3 is 2.57 bits per heavy atom. The van der Waals surface area contributed by atoms with Crippen molar-refractivity contribution in [1.82, 2.24) is 4.98 Å². The van der Waals surface area contributed by atoms with Crippen LogP contribution in [0.3, 0.4) is 0 Å². The zero-order valence-electron chi connectivity index (χ0n) is 16.1. The van der Waals surface area contributed by atoms with Crippen LogP contribution in [0.5, 0.6) is 0 Å². The normalized spacial score (nSPS) is 18.3. The van der Waals surface area contributed by atoms with E-state index in [0.717, 1.165) is 22.2 Å². The highest BCUT2D eigenvalue weighted by Gasteiger charge is 2.53. The summed E-state index contributed by atoms with van der Waals surface area (Å²) in [7, 11) is 0. The van der Waals surface area contributed by atoms with Crippen molar-refractivity contribution in [3.63, 3.8) is 0 Å². The van der Waals surface area contributed by atoms with Gasteiger partial charge in [-0.2, -0.15) is 0 Å². The van der Waals surface area contributed by atoms with E-state index in [2.05, 4.69) is 4.98 Å². The summed E-state index contributed by atoms with van der Waals surface area (Å²) in [6, 6.07) is 20.2. The van der Waals surface area contributed by atoms with E-state index in [9.17, 15) is 9.90 Å². The van der Waals surface area contributed by atoms with Gasteiger partial charge in [0.2, 0.25) is 0 Å². The predicted molar refractivity (Wildman–Crippen MR) is 120 cm³/mol. The monoisotopic (exact) mass is 436 g/mol. The number of aromatic amines is 1. The number of rotatable bonds is 3. The fraction of sp³-hybridized carbons (Fsp3) is 0.125. The van der Waals surface area contributed by atoms with Gasteiger partial charge in [0.25, 0.3) is 5.91 Å². The van der Waals surface area contributed by atoms with Gasteiger partial charge in [0.05, 0.1) is 12.2 Å². The number of nitrogens with zero attached hydrogens (tertiary/aromatic N) is 1. The molecular formula is C24H18Cl2N2O2. The maximum atomic E-state index is 13.8. The van der Waals surface area contributed by atoms with Crippen LogP contribution >= 0.6 is 23.2 Å². The minimum Gasteiger partial charge on any atom is -0.372 e. The molecule has 1 amide bonds. The molecule has 2 N–H and O–H groups in total. The van der Waals surface area contributed by atoms with Crippen LogP contribution in [0.15, 0.2) is 66.7 Å². The summed E-state index contributed by atoms with van der Waals surface area (Å²) in [6.45, 7) is 2.11. The number of para-hydroxylation sites is 1. The molecule has 0 saturated heterocycles. The van der Waals surface area contributed by atoms with Gasteiger partial charge in [0, 0.05) is 37.8 Å². The van der Waals surface area contributed by atoms with Gasteiger partial charge in [-0.3, -0.25) is 4.79 Å². The van der Waals surface area contributed by atoms with E-state index >= 15 is 0 Å². The number of carbonyl (C=O) groups is 1. The van der Waals surface area contributed by atoms with Gasteiger partial charge in [-0.25, -0.2) is 0 Å². The standard InChI is InChI=1S/C24H18Cl2N2O2/c1-14-22(17-7-3-5-9-20(17)27-14)24(30)18-12-16(25)10-11-21(18)28(23(24)29)13-15-6-2-4-8-19(15)26/h2-12,27,30H,13H2,1H3. The van der Waals surface area contributed by atoms with Crippen LogP contribution < -0.4 is 4.90 Å². The van der Waals surface area contributed by atoms with Crippen molar-refractivity contribution in [3.8, 4) is 0 Å². The Morgan fingerprint density at radius 1 is 1.03 bits per heavy atom. The van der Waals surface area contributed by atoms with E-state index in [1.165, 1.54) is 0 Å². The fourth-order valence-electron chi connectivity index (χ4n) is 4.39. The van der Waals surface area contributed by atoms with Gasteiger partial charge in [-0.05, 0) is 42.8 Å². The van der Waals surface area contributed by atoms with Crippen LogP contribution in [0, 0.1) is 6.92 Å². The van der Waals surface area contributed by atoms with Crippen molar-refractivity contribution in [2.75, 3.05) is 4.90 Å². The van der Waals surface area contributed by atoms with Crippen LogP contribution in [-0.4, -0.2) is 16.0 Å². The lowest BCUT2D eigenvalue weighted by molar-refractivity contribution is -0.132. The molecule has 1 aromatic heterocycles. The highest BCUT2D eigenvalue weighted by Crippen LogP contribution is 2.48. The van der Waals surface area contributed by atoms with Crippen molar-refractivity contribution >= 4 is 45.7 Å². The minimum absolute atomic E-state index is 0.247. The number of aromatic nitrogens is 1. The Labute approximate surface area is 183 Å².